The number of aryl methyl sites for hydroxylation is 1. The van der Waals surface area contributed by atoms with Crippen molar-refractivity contribution in [1.29, 1.82) is 0 Å². The zero-order valence-corrected chi connectivity index (χ0v) is 26.4. The molecule has 0 heterocycles. The number of nitrogens with zero attached hydrogens (tertiary/aromatic N) is 1. The van der Waals surface area contributed by atoms with Gasteiger partial charge in [0, 0.05) is 3.57 Å². The lowest BCUT2D eigenvalue weighted by Crippen LogP contribution is -2.37. The van der Waals surface area contributed by atoms with Gasteiger partial charge in [0.25, 0.3) is 7.82 Å². The molecule has 36 heavy (non-hydrogen) atoms. The number of phosphoric ester groups is 1. The second-order valence-corrected chi connectivity index (χ2v) is 13.8. The van der Waals surface area contributed by atoms with Gasteiger partial charge in [-0.05, 0) is 59.5 Å². The Balaban J connectivity index is 1.76. The highest BCUT2D eigenvalue weighted by Gasteiger charge is 2.12. The summed E-state index contributed by atoms with van der Waals surface area (Å²) in [6.45, 7) is 1.03. The highest BCUT2D eigenvalue weighted by atomic mass is 124. The number of unbranched alkanes of at least 4 members (excludes halogenated alkanes) is 15. The first-order chi connectivity index (χ1) is 17.2. The van der Waals surface area contributed by atoms with E-state index in [0.29, 0.717) is 11.0 Å². The molecule has 1 aromatic rings. The molecule has 0 saturated heterocycles. The number of hydrogen-bond donors (Lipinski definition) is 0. The van der Waals surface area contributed by atoms with Crippen LogP contribution in [0.2, 0.25) is 0 Å². The molecular weight excluding hydrogens is 581 g/mol. The fourth-order valence-corrected chi connectivity index (χ4v) is 5.29. The van der Waals surface area contributed by atoms with Crippen LogP contribution in [-0.2, 0) is 20.0 Å². The molecule has 0 aliphatic rings. The molecule has 1 atom stereocenters. The molecule has 0 bridgehead atoms. The van der Waals surface area contributed by atoms with Crippen LogP contribution in [0.5, 0.6) is 0 Å². The molecule has 210 valence electrons. The molecule has 1 unspecified atom stereocenters. The first-order valence-electron chi connectivity index (χ1n) is 14.3. The van der Waals surface area contributed by atoms with Crippen molar-refractivity contribution in [1.82, 2.24) is 0 Å². The molecule has 0 aliphatic heterocycles. The number of likely N-dealkylation sites (N-methyl/N-ethyl adjacent to an activating group) is 1. The Morgan fingerprint density at radius 2 is 1.06 bits per heavy atom. The smallest absolute Gasteiger partial charge is 0.268 e. The molecule has 0 spiro atoms. The first kappa shape index (κ1) is 34.0. The maximum atomic E-state index is 11.7. The van der Waals surface area contributed by atoms with E-state index < -0.39 is 7.82 Å². The van der Waals surface area contributed by atoms with E-state index in [1.54, 1.807) is 0 Å². The van der Waals surface area contributed by atoms with Crippen molar-refractivity contribution in [2.75, 3.05) is 40.9 Å². The van der Waals surface area contributed by atoms with Gasteiger partial charge in [-0.3, -0.25) is 4.57 Å². The minimum Gasteiger partial charge on any atom is -0.756 e. The van der Waals surface area contributed by atoms with E-state index in [4.69, 9.17) is 9.05 Å². The Hall–Kier alpha value is 0.0200. The van der Waals surface area contributed by atoms with Crippen molar-refractivity contribution in [2.45, 2.75) is 109 Å². The number of benzene rings is 1. The number of halogens is 1. The van der Waals surface area contributed by atoms with Crippen LogP contribution in [0.25, 0.3) is 0 Å². The fourth-order valence-electron chi connectivity index (χ4n) is 4.20. The van der Waals surface area contributed by atoms with Gasteiger partial charge in [-0.25, -0.2) is 0 Å². The summed E-state index contributed by atoms with van der Waals surface area (Å²) in [6, 6.07) is 8.95. The highest BCUT2D eigenvalue weighted by molar-refractivity contribution is 14.1. The maximum Gasteiger partial charge on any atom is 0.268 e. The minimum atomic E-state index is -4.14. The van der Waals surface area contributed by atoms with E-state index in [2.05, 4.69) is 46.9 Å². The predicted octanol–water partition coefficient (Wildman–Crippen LogP) is 8.28. The third-order valence-electron chi connectivity index (χ3n) is 6.53. The lowest BCUT2D eigenvalue weighted by atomic mass is 10.0. The topological polar surface area (TPSA) is 58.6 Å². The quantitative estimate of drug-likeness (QED) is 0.0497. The summed E-state index contributed by atoms with van der Waals surface area (Å²) < 4.78 is 23.6. The minimum absolute atomic E-state index is 0.166. The second kappa shape index (κ2) is 20.9. The van der Waals surface area contributed by atoms with Crippen LogP contribution in [0.4, 0.5) is 0 Å². The predicted molar refractivity (Wildman–Crippen MR) is 159 cm³/mol. The van der Waals surface area contributed by atoms with Gasteiger partial charge < -0.3 is 18.4 Å². The van der Waals surface area contributed by atoms with Crippen molar-refractivity contribution in [3.8, 4) is 0 Å². The molecule has 0 aliphatic carbocycles. The Labute approximate surface area is 236 Å². The van der Waals surface area contributed by atoms with E-state index in [0.717, 1.165) is 19.3 Å². The monoisotopic (exact) mass is 634 g/mol. The molecule has 1 rings (SSSR count). The van der Waals surface area contributed by atoms with Crippen LogP contribution in [-0.4, -0.2) is 45.4 Å². The maximum absolute atomic E-state index is 11.7. The van der Waals surface area contributed by atoms with Crippen LogP contribution in [0.3, 0.4) is 0 Å². The lowest BCUT2D eigenvalue weighted by molar-refractivity contribution is -0.870. The summed E-state index contributed by atoms with van der Waals surface area (Å²) in [7, 11) is 1.85. The Morgan fingerprint density at radius 3 is 1.50 bits per heavy atom. The molecule has 0 saturated carbocycles. The number of hydrogen-bond acceptors (Lipinski definition) is 4. The van der Waals surface area contributed by atoms with E-state index in [1.165, 1.54) is 99.0 Å². The average molecular weight is 635 g/mol. The summed E-state index contributed by atoms with van der Waals surface area (Å²) >= 11 is 2.37. The van der Waals surface area contributed by atoms with Gasteiger partial charge in [-0.1, -0.05) is 102 Å². The van der Waals surface area contributed by atoms with Gasteiger partial charge in [0.1, 0.15) is 13.2 Å². The second-order valence-electron chi connectivity index (χ2n) is 11.2. The van der Waals surface area contributed by atoms with Crippen LogP contribution in [0.15, 0.2) is 24.3 Å². The summed E-state index contributed by atoms with van der Waals surface area (Å²) in [4.78, 5) is 11.7. The third-order valence-corrected chi connectivity index (χ3v) is 8.25. The van der Waals surface area contributed by atoms with Gasteiger partial charge >= 0.3 is 0 Å². The van der Waals surface area contributed by atoms with Crippen LogP contribution < -0.4 is 4.89 Å². The summed E-state index contributed by atoms with van der Waals surface area (Å²) in [5.74, 6) is 0. The zero-order valence-electron chi connectivity index (χ0n) is 23.4. The van der Waals surface area contributed by atoms with Crippen LogP contribution in [0, 0.1) is 3.57 Å². The molecule has 0 N–H and O–H groups in total. The molecular formula is C29H53INO4P. The SMILES string of the molecule is C[N+](C)(C)CCOP(=O)([O-])OCCCCCCCCCCCCCCCCCCc1ccc([124I])cc1. The van der Waals surface area contributed by atoms with Crippen molar-refractivity contribution in [3.05, 3.63) is 33.4 Å². The molecule has 0 amide bonds. The van der Waals surface area contributed by atoms with Crippen LogP contribution in [0.1, 0.15) is 108 Å². The van der Waals surface area contributed by atoms with Gasteiger partial charge in [0.2, 0.25) is 0 Å². The standard InChI is InChI=1S/C29H53INO4P/c1-31(2,3)25-27-35-36(32,33)34-26-19-17-15-13-11-9-7-5-4-6-8-10-12-14-16-18-20-28-21-23-29(30)24-22-28/h21-24H,4-20,25-27H2,1-3H3/i30-3. The molecule has 0 aromatic heterocycles. The van der Waals surface area contributed by atoms with E-state index in [9.17, 15) is 9.46 Å². The van der Waals surface area contributed by atoms with E-state index in [-0.39, 0.29) is 13.2 Å². The zero-order chi connectivity index (χ0) is 26.5. The summed E-state index contributed by atoms with van der Waals surface area (Å²) in [5, 5.41) is 0. The van der Waals surface area contributed by atoms with Gasteiger partial charge in [0.05, 0.1) is 27.7 Å². The Bertz CT molecular complexity index is 694. The van der Waals surface area contributed by atoms with Crippen molar-refractivity contribution >= 4 is 30.4 Å². The fraction of sp³-hybridized carbons (Fsp3) is 0.793. The van der Waals surface area contributed by atoms with Crippen molar-refractivity contribution < 1.29 is 23.0 Å². The number of rotatable bonds is 24. The molecule has 7 heteroatoms. The van der Waals surface area contributed by atoms with Gasteiger partial charge in [0.15, 0.2) is 0 Å². The normalized spacial score (nSPS) is 13.7. The number of phosphoric acid groups is 1. The molecule has 0 fully saturated rings. The summed E-state index contributed by atoms with van der Waals surface area (Å²) in [6.07, 6.45) is 21.8. The van der Waals surface area contributed by atoms with E-state index >= 15 is 0 Å². The number of quaternary nitrogens is 1. The Kier molecular flexibility index (Phi) is 19.8. The third kappa shape index (κ3) is 22.0. The van der Waals surface area contributed by atoms with Crippen molar-refractivity contribution in [3.63, 3.8) is 0 Å². The summed E-state index contributed by atoms with van der Waals surface area (Å²) in [5.41, 5.74) is 1.48. The lowest BCUT2D eigenvalue weighted by Gasteiger charge is -2.27. The first-order valence-corrected chi connectivity index (χ1v) is 16.9. The molecule has 1 aromatic carbocycles. The average Bonchev–Trinajstić information content (AvgIpc) is 2.80. The van der Waals surface area contributed by atoms with Crippen LogP contribution >= 0.6 is 30.4 Å². The van der Waals surface area contributed by atoms with Gasteiger partial charge in [-0.15, -0.1) is 0 Å². The van der Waals surface area contributed by atoms with Crippen molar-refractivity contribution in [2.24, 2.45) is 0 Å². The Morgan fingerprint density at radius 1 is 0.667 bits per heavy atom. The molecule has 5 nitrogen and oxygen atoms in total. The van der Waals surface area contributed by atoms with Gasteiger partial charge in [-0.2, -0.15) is 0 Å². The molecule has 0 radical (unpaired) electrons. The largest absolute Gasteiger partial charge is 0.756 e. The highest BCUT2D eigenvalue weighted by Crippen LogP contribution is 2.38. The van der Waals surface area contributed by atoms with E-state index in [1.807, 2.05) is 21.1 Å².